The summed E-state index contributed by atoms with van der Waals surface area (Å²) in [7, 11) is 0. The monoisotopic (exact) mass is 202 g/mol. The average molecular weight is 202 g/mol. The summed E-state index contributed by atoms with van der Waals surface area (Å²) in [6.45, 7) is 3.91. The number of aliphatic carboxylic acids is 1. The smallest absolute Gasteiger partial charge is 0.305 e. The summed E-state index contributed by atoms with van der Waals surface area (Å²) < 4.78 is 0. The Morgan fingerprint density at radius 1 is 1.36 bits per heavy atom. The van der Waals surface area contributed by atoms with Crippen molar-refractivity contribution in [3.8, 4) is 0 Å². The maximum Gasteiger partial charge on any atom is 0.305 e. The average Bonchev–Trinajstić information content (AvgIpc) is 2.12. The zero-order chi connectivity index (χ0) is 11.1. The minimum absolute atomic E-state index is 0.0855. The summed E-state index contributed by atoms with van der Waals surface area (Å²) in [5.74, 6) is -1.45. The third-order valence-electron chi connectivity index (χ3n) is 2.06. The van der Waals surface area contributed by atoms with E-state index in [-0.39, 0.29) is 18.4 Å². The molecule has 0 bridgehead atoms. The van der Waals surface area contributed by atoms with Crippen molar-refractivity contribution in [2.24, 2.45) is 5.73 Å². The van der Waals surface area contributed by atoms with Gasteiger partial charge in [-0.1, -0.05) is 13.8 Å². The Labute approximate surface area is 83.7 Å². The number of carbonyl (C=O) groups excluding carboxylic acids is 1. The Hall–Kier alpha value is -1.10. The minimum Gasteiger partial charge on any atom is -0.481 e. The lowest BCUT2D eigenvalue weighted by Gasteiger charge is -2.17. The van der Waals surface area contributed by atoms with Gasteiger partial charge in [-0.15, -0.1) is 0 Å². The van der Waals surface area contributed by atoms with Crippen LogP contribution in [-0.4, -0.2) is 29.1 Å². The van der Waals surface area contributed by atoms with Crippen LogP contribution in [0.3, 0.4) is 0 Å². The zero-order valence-electron chi connectivity index (χ0n) is 8.62. The Balaban J connectivity index is 3.99. The molecule has 0 aliphatic carbocycles. The van der Waals surface area contributed by atoms with E-state index in [1.165, 1.54) is 0 Å². The summed E-state index contributed by atoms with van der Waals surface area (Å²) in [5, 5.41) is 11.1. The first-order valence-electron chi connectivity index (χ1n) is 4.79. The van der Waals surface area contributed by atoms with Gasteiger partial charge in [-0.25, -0.2) is 0 Å². The molecule has 0 radical (unpaired) electrons. The highest BCUT2D eigenvalue weighted by Gasteiger charge is 2.18. The summed E-state index contributed by atoms with van der Waals surface area (Å²) in [4.78, 5) is 21.6. The van der Waals surface area contributed by atoms with Crippen LogP contribution in [0.25, 0.3) is 0 Å². The van der Waals surface area contributed by atoms with Crippen LogP contribution in [0.15, 0.2) is 0 Å². The molecule has 5 nitrogen and oxygen atoms in total. The number of nitrogens with two attached hydrogens (primary N) is 1. The molecule has 1 unspecified atom stereocenters. The predicted molar refractivity (Wildman–Crippen MR) is 52.7 cm³/mol. The van der Waals surface area contributed by atoms with E-state index in [2.05, 4.69) is 5.32 Å². The van der Waals surface area contributed by atoms with Crippen LogP contribution in [0.2, 0.25) is 0 Å². The molecule has 0 saturated carbocycles. The molecule has 5 heteroatoms. The lowest BCUT2D eigenvalue weighted by atomic mass is 10.1. The van der Waals surface area contributed by atoms with Crippen LogP contribution in [0.5, 0.6) is 0 Å². The van der Waals surface area contributed by atoms with Crippen LogP contribution in [0.4, 0.5) is 0 Å². The van der Waals surface area contributed by atoms with Crippen molar-refractivity contribution in [3.63, 3.8) is 0 Å². The number of hydrogen-bond donors (Lipinski definition) is 3. The fourth-order valence-corrected chi connectivity index (χ4v) is 1.08. The molecular formula is C9H18N2O3. The van der Waals surface area contributed by atoms with Crippen LogP contribution in [0.1, 0.15) is 33.1 Å². The van der Waals surface area contributed by atoms with Crippen LogP contribution in [0, 0.1) is 0 Å². The van der Waals surface area contributed by atoms with E-state index in [0.717, 1.165) is 12.8 Å². The summed E-state index contributed by atoms with van der Waals surface area (Å²) in [6, 6.07) is -0.865. The van der Waals surface area contributed by atoms with E-state index in [4.69, 9.17) is 10.8 Å². The molecule has 0 aromatic heterocycles. The van der Waals surface area contributed by atoms with Gasteiger partial charge < -0.3 is 16.2 Å². The quantitative estimate of drug-likeness (QED) is 0.569. The molecule has 1 amide bonds. The Morgan fingerprint density at radius 3 is 2.21 bits per heavy atom. The molecule has 0 fully saturated rings. The van der Waals surface area contributed by atoms with Gasteiger partial charge >= 0.3 is 5.97 Å². The molecule has 4 N–H and O–H groups in total. The van der Waals surface area contributed by atoms with Crippen LogP contribution >= 0.6 is 0 Å². The highest BCUT2D eigenvalue weighted by atomic mass is 16.4. The number of amides is 1. The Bertz CT molecular complexity index is 202. The van der Waals surface area contributed by atoms with Crippen molar-refractivity contribution >= 4 is 11.9 Å². The second-order valence-electron chi connectivity index (χ2n) is 3.23. The fourth-order valence-electron chi connectivity index (χ4n) is 1.08. The van der Waals surface area contributed by atoms with Crippen LogP contribution in [-0.2, 0) is 9.59 Å². The van der Waals surface area contributed by atoms with Gasteiger partial charge in [-0.05, 0) is 12.8 Å². The van der Waals surface area contributed by atoms with Gasteiger partial charge in [0.2, 0.25) is 5.91 Å². The van der Waals surface area contributed by atoms with Gasteiger partial charge in [0.15, 0.2) is 0 Å². The molecule has 82 valence electrons. The molecule has 1 atom stereocenters. The first kappa shape index (κ1) is 12.9. The van der Waals surface area contributed by atoms with Gasteiger partial charge in [0, 0.05) is 6.04 Å². The second kappa shape index (κ2) is 6.37. The summed E-state index contributed by atoms with van der Waals surface area (Å²) in [6.07, 6.45) is 1.32. The number of carboxylic acids is 1. The second-order valence-corrected chi connectivity index (χ2v) is 3.23. The van der Waals surface area contributed by atoms with E-state index < -0.39 is 12.0 Å². The van der Waals surface area contributed by atoms with Crippen molar-refractivity contribution in [1.82, 2.24) is 5.32 Å². The first-order valence-corrected chi connectivity index (χ1v) is 4.79. The van der Waals surface area contributed by atoms with E-state index in [1.54, 1.807) is 0 Å². The largest absolute Gasteiger partial charge is 0.481 e. The third kappa shape index (κ3) is 4.81. The van der Waals surface area contributed by atoms with Gasteiger partial charge in [-0.2, -0.15) is 0 Å². The molecule has 0 aromatic carbocycles. The Kier molecular flexibility index (Phi) is 5.87. The van der Waals surface area contributed by atoms with Gasteiger partial charge in [0.1, 0.15) is 0 Å². The number of carbonyl (C=O) groups is 2. The van der Waals surface area contributed by atoms with Gasteiger partial charge in [-0.3, -0.25) is 9.59 Å². The van der Waals surface area contributed by atoms with Crippen molar-refractivity contribution in [2.75, 3.05) is 0 Å². The lowest BCUT2D eigenvalue weighted by Crippen LogP contribution is -2.45. The number of nitrogens with one attached hydrogen (secondary N) is 1. The summed E-state index contributed by atoms with van der Waals surface area (Å²) in [5.41, 5.74) is 5.38. The predicted octanol–water partition coefficient (Wildman–Crippen LogP) is 0.0932. The van der Waals surface area contributed by atoms with Gasteiger partial charge in [0.25, 0.3) is 0 Å². The maximum absolute atomic E-state index is 11.3. The topological polar surface area (TPSA) is 92.4 Å². The minimum atomic E-state index is -1.06. The SMILES string of the molecule is CCC(CC)NC(=O)C(N)CC(=O)O. The molecule has 0 rings (SSSR count). The highest BCUT2D eigenvalue weighted by molar-refractivity contribution is 5.86. The van der Waals surface area contributed by atoms with Crippen LogP contribution < -0.4 is 11.1 Å². The molecule has 0 spiro atoms. The highest BCUT2D eigenvalue weighted by Crippen LogP contribution is 1.97. The van der Waals surface area contributed by atoms with Crippen molar-refractivity contribution in [1.29, 1.82) is 0 Å². The van der Waals surface area contributed by atoms with E-state index in [1.807, 2.05) is 13.8 Å². The molecule has 0 aliphatic heterocycles. The molecular weight excluding hydrogens is 184 g/mol. The zero-order valence-corrected chi connectivity index (χ0v) is 8.62. The molecule has 0 aliphatic rings. The number of hydrogen-bond acceptors (Lipinski definition) is 3. The third-order valence-corrected chi connectivity index (χ3v) is 2.06. The standard InChI is InChI=1S/C9H18N2O3/c1-3-6(4-2)11-9(14)7(10)5-8(12)13/h6-7H,3-5,10H2,1-2H3,(H,11,14)(H,12,13). The van der Waals surface area contributed by atoms with Gasteiger partial charge in [0.05, 0.1) is 12.5 Å². The van der Waals surface area contributed by atoms with E-state index in [9.17, 15) is 9.59 Å². The normalized spacial score (nSPS) is 12.6. The molecule has 0 saturated heterocycles. The summed E-state index contributed by atoms with van der Waals surface area (Å²) >= 11 is 0. The number of carboxylic acid groups (broad SMARTS) is 1. The van der Waals surface area contributed by atoms with Crippen molar-refractivity contribution in [3.05, 3.63) is 0 Å². The fraction of sp³-hybridized carbons (Fsp3) is 0.778. The molecule has 0 heterocycles. The number of rotatable bonds is 6. The molecule has 0 aromatic rings. The first-order chi connectivity index (χ1) is 6.51. The lowest BCUT2D eigenvalue weighted by molar-refractivity contribution is -0.139. The maximum atomic E-state index is 11.3. The van der Waals surface area contributed by atoms with Crippen molar-refractivity contribution in [2.45, 2.75) is 45.2 Å². The van der Waals surface area contributed by atoms with E-state index in [0.29, 0.717) is 0 Å². The van der Waals surface area contributed by atoms with E-state index >= 15 is 0 Å². The molecule has 14 heavy (non-hydrogen) atoms. The Morgan fingerprint density at radius 2 is 1.86 bits per heavy atom. The van der Waals surface area contributed by atoms with Crippen molar-refractivity contribution < 1.29 is 14.7 Å².